The molecule has 0 aliphatic carbocycles. The number of hydrogen-bond donors (Lipinski definition) is 1. The van der Waals surface area contributed by atoms with Crippen molar-refractivity contribution < 1.29 is 9.18 Å². The number of pyridine rings is 1. The van der Waals surface area contributed by atoms with E-state index >= 15 is 0 Å². The van der Waals surface area contributed by atoms with Crippen molar-refractivity contribution in [3.8, 4) is 12.3 Å². The molecule has 1 heterocycles. The highest BCUT2D eigenvalue weighted by Crippen LogP contribution is 2.01. The van der Waals surface area contributed by atoms with Crippen LogP contribution in [-0.2, 0) is 0 Å². The molecule has 4 heteroatoms. The molecule has 0 radical (unpaired) electrons. The smallest absolute Gasteiger partial charge is 0.253 e. The molecule has 1 unspecified atom stereocenters. The number of rotatable bonds is 3. The average molecular weight is 206 g/mol. The first kappa shape index (κ1) is 11.2. The fraction of sp³-hybridized carbons (Fsp3) is 0.273. The number of carbonyl (C=O) groups excluding carboxylic acids is 1. The van der Waals surface area contributed by atoms with Crippen molar-refractivity contribution in [3.05, 3.63) is 29.8 Å². The maximum atomic E-state index is 12.7. The molecule has 1 N–H and O–H groups in total. The zero-order valence-corrected chi connectivity index (χ0v) is 8.33. The molecular weight excluding hydrogens is 195 g/mol. The molecule has 1 aromatic rings. The minimum atomic E-state index is -0.545. The first-order valence-corrected chi connectivity index (χ1v) is 4.55. The van der Waals surface area contributed by atoms with Gasteiger partial charge in [0, 0.05) is 6.20 Å². The van der Waals surface area contributed by atoms with Crippen LogP contribution in [0.25, 0.3) is 0 Å². The van der Waals surface area contributed by atoms with Crippen LogP contribution in [-0.4, -0.2) is 16.9 Å². The van der Waals surface area contributed by atoms with Gasteiger partial charge >= 0.3 is 0 Å². The van der Waals surface area contributed by atoms with E-state index in [1.807, 2.05) is 6.92 Å². The Balaban J connectivity index is 2.74. The summed E-state index contributed by atoms with van der Waals surface area (Å²) in [4.78, 5) is 15.1. The number of hydrogen-bond acceptors (Lipinski definition) is 2. The van der Waals surface area contributed by atoms with Crippen LogP contribution < -0.4 is 5.32 Å². The van der Waals surface area contributed by atoms with Gasteiger partial charge < -0.3 is 5.32 Å². The number of aromatic nitrogens is 1. The van der Waals surface area contributed by atoms with E-state index in [-0.39, 0.29) is 11.6 Å². The summed E-state index contributed by atoms with van der Waals surface area (Å²) < 4.78 is 12.7. The summed E-state index contributed by atoms with van der Waals surface area (Å²) in [5.74, 6) is 1.47. The zero-order valence-electron chi connectivity index (χ0n) is 8.33. The van der Waals surface area contributed by atoms with E-state index in [1.54, 1.807) is 0 Å². The second kappa shape index (κ2) is 5.11. The highest BCUT2D eigenvalue weighted by molar-refractivity contribution is 5.94. The average Bonchev–Trinajstić information content (AvgIpc) is 2.25. The summed E-state index contributed by atoms with van der Waals surface area (Å²) in [6.45, 7) is 1.86. The van der Waals surface area contributed by atoms with Gasteiger partial charge in [0.25, 0.3) is 5.91 Å². The molecule has 0 saturated carbocycles. The summed E-state index contributed by atoms with van der Waals surface area (Å²) >= 11 is 0. The lowest BCUT2D eigenvalue weighted by Gasteiger charge is -2.10. The maximum absolute atomic E-state index is 12.7. The summed E-state index contributed by atoms with van der Waals surface area (Å²) in [6, 6.07) is 0.784. The predicted molar refractivity (Wildman–Crippen MR) is 54.6 cm³/mol. The van der Waals surface area contributed by atoms with E-state index in [0.29, 0.717) is 6.42 Å². The van der Waals surface area contributed by atoms with Crippen LogP contribution in [0.5, 0.6) is 0 Å². The quantitative estimate of drug-likeness (QED) is 0.759. The first-order chi connectivity index (χ1) is 7.17. The Morgan fingerprint density at radius 1 is 1.73 bits per heavy atom. The largest absolute Gasteiger partial charge is 0.338 e. The molecule has 0 aliphatic rings. The standard InChI is InChI=1S/C11H11FN2O/c1-3-10(4-2)14-11(15)8-5-9(12)7-13-6-8/h1,5-7,10H,4H2,2H3,(H,14,15). The third-order valence-electron chi connectivity index (χ3n) is 1.88. The molecule has 0 spiro atoms. The summed E-state index contributed by atoms with van der Waals surface area (Å²) in [5.41, 5.74) is 0.170. The molecule has 0 fully saturated rings. The van der Waals surface area contributed by atoms with Gasteiger partial charge in [-0.2, -0.15) is 0 Å². The molecule has 0 bridgehead atoms. The van der Waals surface area contributed by atoms with E-state index in [1.165, 1.54) is 6.20 Å². The van der Waals surface area contributed by atoms with Crippen molar-refractivity contribution in [1.82, 2.24) is 10.3 Å². The number of carbonyl (C=O) groups is 1. The minimum absolute atomic E-state index is 0.170. The summed E-state index contributed by atoms with van der Waals surface area (Å²) in [7, 11) is 0. The lowest BCUT2D eigenvalue weighted by atomic mass is 10.2. The van der Waals surface area contributed by atoms with Gasteiger partial charge in [0.15, 0.2) is 0 Å². The van der Waals surface area contributed by atoms with Crippen molar-refractivity contribution in [2.75, 3.05) is 0 Å². The molecule has 1 amide bonds. The van der Waals surface area contributed by atoms with Crippen molar-refractivity contribution in [3.63, 3.8) is 0 Å². The van der Waals surface area contributed by atoms with Crippen LogP contribution in [0.3, 0.4) is 0 Å². The molecule has 15 heavy (non-hydrogen) atoms. The normalized spacial score (nSPS) is 11.5. The molecule has 1 atom stereocenters. The van der Waals surface area contributed by atoms with Gasteiger partial charge in [0.05, 0.1) is 17.8 Å². The van der Waals surface area contributed by atoms with Crippen molar-refractivity contribution >= 4 is 5.91 Å². The molecule has 0 saturated heterocycles. The fourth-order valence-corrected chi connectivity index (χ4v) is 1.04. The molecule has 1 rings (SSSR count). The second-order valence-electron chi connectivity index (χ2n) is 2.99. The van der Waals surface area contributed by atoms with Crippen molar-refractivity contribution in [2.45, 2.75) is 19.4 Å². The van der Waals surface area contributed by atoms with Gasteiger partial charge in [0.1, 0.15) is 5.82 Å². The Labute approximate surface area is 87.7 Å². The van der Waals surface area contributed by atoms with Crippen LogP contribution in [0.2, 0.25) is 0 Å². The third kappa shape index (κ3) is 3.06. The first-order valence-electron chi connectivity index (χ1n) is 4.55. The minimum Gasteiger partial charge on any atom is -0.338 e. The number of terminal acetylenes is 1. The molecule has 78 valence electrons. The monoisotopic (exact) mass is 206 g/mol. The van der Waals surface area contributed by atoms with Crippen LogP contribution in [0.1, 0.15) is 23.7 Å². The van der Waals surface area contributed by atoms with E-state index in [2.05, 4.69) is 16.2 Å². The van der Waals surface area contributed by atoms with Crippen LogP contribution in [0.15, 0.2) is 18.5 Å². The molecular formula is C11H11FN2O. The number of nitrogens with one attached hydrogen (secondary N) is 1. The highest BCUT2D eigenvalue weighted by Gasteiger charge is 2.10. The molecule has 1 aromatic heterocycles. The van der Waals surface area contributed by atoms with Crippen LogP contribution in [0, 0.1) is 18.2 Å². The summed E-state index contributed by atoms with van der Waals surface area (Å²) in [6.07, 6.45) is 8.15. The van der Waals surface area contributed by atoms with Gasteiger partial charge in [0.2, 0.25) is 0 Å². The van der Waals surface area contributed by atoms with Crippen LogP contribution >= 0.6 is 0 Å². The van der Waals surface area contributed by atoms with Gasteiger partial charge in [-0.1, -0.05) is 12.8 Å². The van der Waals surface area contributed by atoms with Crippen molar-refractivity contribution in [2.24, 2.45) is 0 Å². The number of halogens is 1. The molecule has 0 aromatic carbocycles. The van der Waals surface area contributed by atoms with E-state index in [4.69, 9.17) is 6.42 Å². The highest BCUT2D eigenvalue weighted by atomic mass is 19.1. The zero-order chi connectivity index (χ0) is 11.3. The van der Waals surface area contributed by atoms with Gasteiger partial charge in [-0.15, -0.1) is 6.42 Å². The van der Waals surface area contributed by atoms with Gasteiger partial charge in [-0.3, -0.25) is 9.78 Å². The molecule has 3 nitrogen and oxygen atoms in total. The third-order valence-corrected chi connectivity index (χ3v) is 1.88. The van der Waals surface area contributed by atoms with E-state index < -0.39 is 11.7 Å². The van der Waals surface area contributed by atoms with Crippen molar-refractivity contribution in [1.29, 1.82) is 0 Å². The van der Waals surface area contributed by atoms with Gasteiger partial charge in [-0.05, 0) is 12.5 Å². The Morgan fingerprint density at radius 2 is 2.47 bits per heavy atom. The second-order valence-corrected chi connectivity index (χ2v) is 2.99. The SMILES string of the molecule is C#CC(CC)NC(=O)c1cncc(F)c1. The maximum Gasteiger partial charge on any atom is 0.253 e. The number of amides is 1. The fourth-order valence-electron chi connectivity index (χ4n) is 1.04. The van der Waals surface area contributed by atoms with Crippen LogP contribution in [0.4, 0.5) is 4.39 Å². The van der Waals surface area contributed by atoms with E-state index in [9.17, 15) is 9.18 Å². The van der Waals surface area contributed by atoms with E-state index in [0.717, 1.165) is 12.3 Å². The lowest BCUT2D eigenvalue weighted by Crippen LogP contribution is -2.33. The lowest BCUT2D eigenvalue weighted by molar-refractivity contribution is 0.0944. The predicted octanol–water partition coefficient (Wildman–Crippen LogP) is 1.36. The Morgan fingerprint density at radius 3 is 3.00 bits per heavy atom. The molecule has 0 aliphatic heterocycles. The Bertz CT molecular complexity index is 398. The Kier molecular flexibility index (Phi) is 3.81. The number of nitrogens with zero attached hydrogens (tertiary/aromatic N) is 1. The van der Waals surface area contributed by atoms with Gasteiger partial charge in [-0.25, -0.2) is 4.39 Å². The topological polar surface area (TPSA) is 42.0 Å². The Hall–Kier alpha value is -1.89. The summed E-state index contributed by atoms with van der Waals surface area (Å²) in [5, 5.41) is 2.58.